The third-order valence-corrected chi connectivity index (χ3v) is 16.5. The number of carbonyl (C=O) groups is 4. The fraction of sp³-hybridized carbons (Fsp3) is 0.528. The zero-order valence-electron chi connectivity index (χ0n) is 43.1. The lowest BCUT2D eigenvalue weighted by Gasteiger charge is -2.30. The molecule has 0 bridgehead atoms. The molecule has 75 heavy (non-hydrogen) atoms. The fourth-order valence-corrected chi connectivity index (χ4v) is 11.5. The number of fused-ring (bicyclic) bond motifs is 5. The van der Waals surface area contributed by atoms with Gasteiger partial charge in [-0.25, -0.2) is 8.42 Å². The van der Waals surface area contributed by atoms with Crippen LogP contribution < -0.4 is 20.9 Å². The number of benzene rings is 2. The van der Waals surface area contributed by atoms with E-state index >= 15 is 0 Å². The zero-order chi connectivity index (χ0) is 55.0. The van der Waals surface area contributed by atoms with E-state index in [1.54, 1.807) is 30.4 Å². The summed E-state index contributed by atoms with van der Waals surface area (Å²) in [5.41, 5.74) is 2.59. The summed E-state index contributed by atoms with van der Waals surface area (Å²) >= 11 is 0. The van der Waals surface area contributed by atoms with Crippen molar-refractivity contribution in [1.29, 1.82) is 0 Å². The third kappa shape index (κ3) is 17.5. The summed E-state index contributed by atoms with van der Waals surface area (Å²) in [5, 5.41) is 17.6. The smallest absolute Gasteiger partial charge is 0.303 e. The Kier molecular flexibility index (Phi) is 21.7. The van der Waals surface area contributed by atoms with Gasteiger partial charge in [-0.1, -0.05) is 49.6 Å². The minimum Gasteiger partial charge on any atom is -0.744 e. The minimum atomic E-state index is -4.75. The Bertz CT molecular complexity index is 2910. The van der Waals surface area contributed by atoms with Crippen LogP contribution in [-0.2, 0) is 60.4 Å². The van der Waals surface area contributed by atoms with Crippen molar-refractivity contribution in [2.24, 2.45) is 0 Å². The molecule has 6 N–H and O–H groups in total. The minimum absolute atomic E-state index is 0.0406. The van der Waals surface area contributed by atoms with Crippen LogP contribution in [0.5, 0.6) is 0 Å². The normalized spacial score (nSPS) is 22.9. The predicted octanol–water partition coefficient (Wildman–Crippen LogP) is 6.88. The van der Waals surface area contributed by atoms with E-state index in [-0.39, 0.29) is 59.7 Å². The van der Waals surface area contributed by atoms with Gasteiger partial charge in [-0.2, -0.15) is 21.4 Å². The molecule has 0 fully saturated rings. The molecule has 0 spiro atoms. The molecular weight excluding hydrogens is 1030 g/mol. The van der Waals surface area contributed by atoms with Crippen molar-refractivity contribution in [3.8, 4) is 0 Å². The number of carbonyl (C=O) groups excluding carboxylic acids is 3. The summed E-state index contributed by atoms with van der Waals surface area (Å²) < 4.78 is 107. The lowest BCUT2D eigenvalue weighted by atomic mass is 9.77. The molecule has 3 aliphatic rings. The second-order valence-electron chi connectivity index (χ2n) is 20.1. The maximum absolute atomic E-state index is 13.4. The number of hydrogen-bond donors (Lipinski definition) is 6. The van der Waals surface area contributed by atoms with Crippen molar-refractivity contribution >= 4 is 71.1 Å². The van der Waals surface area contributed by atoms with Crippen LogP contribution in [0, 0.1) is 0 Å². The predicted molar refractivity (Wildman–Crippen MR) is 284 cm³/mol. The Balaban J connectivity index is 1.44. The monoisotopic (exact) mass is 1100 g/mol. The molecule has 0 aromatic heterocycles. The van der Waals surface area contributed by atoms with Crippen LogP contribution in [0.3, 0.4) is 0 Å². The number of aliphatic carboxylic acids is 1. The summed E-state index contributed by atoms with van der Waals surface area (Å²) in [6.07, 6.45) is 20.4. The van der Waals surface area contributed by atoms with Crippen molar-refractivity contribution in [3.05, 3.63) is 95.8 Å². The summed E-state index contributed by atoms with van der Waals surface area (Å²) in [4.78, 5) is 51.7. The molecular formula is C53H73N5O14S3. The number of hydrogen-bond acceptors (Lipinski definition) is 12. The summed E-state index contributed by atoms with van der Waals surface area (Å²) in [6, 6.07) is 7.81. The topological polar surface area (TPSA) is 297 Å². The van der Waals surface area contributed by atoms with E-state index in [1.165, 1.54) is 24.3 Å². The highest BCUT2D eigenvalue weighted by molar-refractivity contribution is 7.86. The molecule has 3 amide bonds. The van der Waals surface area contributed by atoms with E-state index < -0.39 is 58.9 Å². The number of amides is 3. The molecule has 2 aromatic carbocycles. The van der Waals surface area contributed by atoms with Gasteiger partial charge in [-0.15, -0.1) is 0 Å². The van der Waals surface area contributed by atoms with Gasteiger partial charge >= 0.3 is 5.97 Å². The van der Waals surface area contributed by atoms with Gasteiger partial charge in [0.05, 0.1) is 21.0 Å². The average Bonchev–Trinajstić information content (AvgIpc) is 3.68. The SMILES string of the molecule is CC1(C)C2=[N+](CCCCCC(=O)NC(C(=O)NCCCCCC(=O)O)CCCCNC(=O)CCCCCC3(C)/C(=C/C=C/C=C/C=C/2)N(CCCS(=O)(=O)O)c2ccc(S(=O)(=O)O)cc23)c2ccc(S(=O)(=O)[O-])cc21. The largest absolute Gasteiger partial charge is 0.744 e. The van der Waals surface area contributed by atoms with Crippen LogP contribution in [0.25, 0.3) is 0 Å². The number of anilines is 1. The molecule has 3 aliphatic heterocycles. The van der Waals surface area contributed by atoms with Gasteiger partial charge in [0.2, 0.25) is 23.4 Å². The maximum Gasteiger partial charge on any atom is 0.303 e. The molecule has 19 nitrogen and oxygen atoms in total. The van der Waals surface area contributed by atoms with Crippen LogP contribution in [0.15, 0.2) is 94.4 Å². The van der Waals surface area contributed by atoms with Gasteiger partial charge in [-0.3, -0.25) is 28.3 Å². The van der Waals surface area contributed by atoms with Crippen molar-refractivity contribution in [3.63, 3.8) is 0 Å². The number of nitrogens with one attached hydrogen (secondary N) is 3. The Labute approximate surface area is 442 Å². The van der Waals surface area contributed by atoms with E-state index in [4.69, 9.17) is 5.11 Å². The fourth-order valence-electron chi connectivity index (χ4n) is 10.0. The lowest BCUT2D eigenvalue weighted by Crippen LogP contribution is -2.47. The second kappa shape index (κ2) is 27.0. The molecule has 2 aromatic rings. The number of unbranched alkanes of at least 4 members (excludes halogenated alkanes) is 2. The molecule has 5 rings (SSSR count). The van der Waals surface area contributed by atoms with Gasteiger partial charge in [0.25, 0.3) is 20.2 Å². The maximum atomic E-state index is 13.4. The van der Waals surface area contributed by atoms with E-state index in [0.29, 0.717) is 120 Å². The number of allylic oxidation sites excluding steroid dienone is 8. The Morgan fingerprint density at radius 3 is 2.17 bits per heavy atom. The van der Waals surface area contributed by atoms with Crippen LogP contribution >= 0.6 is 0 Å². The molecule has 2 atom stereocenters. The second-order valence-corrected chi connectivity index (χ2v) is 24.5. The Morgan fingerprint density at radius 2 is 1.47 bits per heavy atom. The summed E-state index contributed by atoms with van der Waals surface area (Å²) in [7, 11) is -13.6. The van der Waals surface area contributed by atoms with Gasteiger partial charge in [0.15, 0.2) is 5.71 Å². The Morgan fingerprint density at radius 1 is 0.787 bits per heavy atom. The van der Waals surface area contributed by atoms with Crippen LogP contribution in [0.2, 0.25) is 0 Å². The molecule has 3 heterocycles. The van der Waals surface area contributed by atoms with Crippen molar-refractivity contribution in [2.45, 2.75) is 157 Å². The molecule has 412 valence electrons. The lowest BCUT2D eigenvalue weighted by molar-refractivity contribution is -0.438. The number of rotatable bonds is 13. The quantitative estimate of drug-likeness (QED) is 0.0677. The van der Waals surface area contributed by atoms with Gasteiger partial charge < -0.3 is 30.5 Å². The number of nitrogens with zero attached hydrogens (tertiary/aromatic N) is 2. The molecule has 22 heteroatoms. The van der Waals surface area contributed by atoms with Crippen LogP contribution in [0.4, 0.5) is 11.4 Å². The molecule has 0 saturated heterocycles. The Hall–Kier alpha value is -5.52. The summed E-state index contributed by atoms with van der Waals surface area (Å²) in [5.74, 6) is -2.17. The van der Waals surface area contributed by atoms with Crippen molar-refractivity contribution in [2.75, 3.05) is 36.8 Å². The van der Waals surface area contributed by atoms with Crippen LogP contribution in [0.1, 0.15) is 141 Å². The van der Waals surface area contributed by atoms with E-state index in [1.807, 2.05) is 50.0 Å². The first-order chi connectivity index (χ1) is 35.3. The highest BCUT2D eigenvalue weighted by Gasteiger charge is 2.45. The number of carboxylic acids is 1. The highest BCUT2D eigenvalue weighted by Crippen LogP contribution is 2.51. The zero-order valence-corrected chi connectivity index (χ0v) is 45.5. The van der Waals surface area contributed by atoms with Crippen LogP contribution in [-0.4, -0.2) is 116 Å². The van der Waals surface area contributed by atoms with E-state index in [9.17, 15) is 58.1 Å². The van der Waals surface area contributed by atoms with E-state index in [0.717, 1.165) is 17.1 Å². The average molecular weight is 1100 g/mol. The van der Waals surface area contributed by atoms with Crippen molar-refractivity contribution < 1.29 is 67.8 Å². The van der Waals surface area contributed by atoms with Crippen molar-refractivity contribution in [1.82, 2.24) is 16.0 Å². The standard InChI is InChI=1S/C53H73N5O14S3/c1-52(2)41-37-39(74(67,68)69)27-29-44(41)57-34-19-9-13-25-49(60)56-43(51(63)55-33-17-8-14-26-50(61)62)21-15-18-32-54-48(59)24-12-7-16-31-53(3)42-38-40(75(70,71)72)28-30-45(42)58(35-20-36-73(64,65)66)47(53)23-11-6-4-5-10-22-46(52)57/h4-6,10-11,22-23,27-30,37-38,43H,7-9,12-21,24-26,31-36H2,1-3H3,(H6-,54,55,56,59,60,61,62,63,64,65,66,67,68,69,70,71,72). The first kappa shape index (κ1) is 60.3. The molecule has 2 unspecified atom stereocenters. The van der Waals surface area contributed by atoms with E-state index in [2.05, 4.69) is 20.5 Å². The highest BCUT2D eigenvalue weighted by atomic mass is 32.2. The third-order valence-electron chi connectivity index (χ3n) is 14.0. The van der Waals surface area contributed by atoms with Gasteiger partial charge in [0.1, 0.15) is 22.7 Å². The first-order valence-corrected chi connectivity index (χ1v) is 30.2. The molecule has 0 radical (unpaired) electrons. The number of carboxylic acid groups (broad SMARTS) is 1. The molecule has 0 saturated carbocycles. The van der Waals surface area contributed by atoms with Gasteiger partial charge in [-0.05, 0) is 127 Å². The van der Waals surface area contributed by atoms with Gasteiger partial charge in [0, 0.05) is 79.8 Å². The molecule has 0 aliphatic carbocycles. The first-order valence-electron chi connectivity index (χ1n) is 25.7. The summed E-state index contributed by atoms with van der Waals surface area (Å²) in [6.45, 7) is 7.16.